The molecule has 0 radical (unpaired) electrons. The molecule has 0 saturated heterocycles. The van der Waals surface area contributed by atoms with Crippen LogP contribution in [0.15, 0.2) is 73.1 Å². The van der Waals surface area contributed by atoms with Crippen molar-refractivity contribution in [3.8, 4) is 17.3 Å². The maximum atomic E-state index is 13.0. The summed E-state index contributed by atoms with van der Waals surface area (Å²) in [5.41, 5.74) is 5.20. The number of hydrogen-bond acceptors (Lipinski definition) is 3. The second kappa shape index (κ2) is 7.80. The predicted octanol–water partition coefficient (Wildman–Crippen LogP) is 4.06. The van der Waals surface area contributed by atoms with Crippen molar-refractivity contribution >= 4 is 5.91 Å². The third kappa shape index (κ3) is 3.50. The van der Waals surface area contributed by atoms with Crippen LogP contribution >= 0.6 is 0 Å². The molecule has 0 spiro atoms. The van der Waals surface area contributed by atoms with Crippen LogP contribution in [0.25, 0.3) is 11.5 Å². The molecule has 2 aromatic carbocycles. The lowest BCUT2D eigenvalue weighted by molar-refractivity contribution is -0.131. The number of carbonyl (C=O) groups excluding carboxylic acids is 1. The summed E-state index contributed by atoms with van der Waals surface area (Å²) in [6, 6.07) is 19.9. The minimum Gasteiger partial charge on any atom is -0.497 e. The fraction of sp³-hybridized carbons (Fsp3) is 0.200. The summed E-state index contributed by atoms with van der Waals surface area (Å²) in [5, 5.41) is 4.93. The molecule has 0 atom stereocenters. The zero-order valence-electron chi connectivity index (χ0n) is 17.7. The summed E-state index contributed by atoms with van der Waals surface area (Å²) in [7, 11) is 1.64. The highest BCUT2D eigenvalue weighted by molar-refractivity contribution is 5.79. The van der Waals surface area contributed by atoms with Gasteiger partial charge in [-0.25, -0.2) is 4.68 Å². The second-order valence-electron chi connectivity index (χ2n) is 7.82. The Morgan fingerprint density at radius 3 is 2.61 bits per heavy atom. The molecule has 0 unspecified atom stereocenters. The Labute approximate surface area is 181 Å². The van der Waals surface area contributed by atoms with Gasteiger partial charge in [0.25, 0.3) is 0 Å². The number of hydrogen-bond donors (Lipinski definition) is 0. The van der Waals surface area contributed by atoms with Crippen molar-refractivity contribution in [2.45, 2.75) is 26.4 Å². The maximum absolute atomic E-state index is 13.0. The summed E-state index contributed by atoms with van der Waals surface area (Å²) < 4.78 is 9.36. The Kier molecular flexibility index (Phi) is 4.82. The Hall–Kier alpha value is -3.80. The van der Waals surface area contributed by atoms with Crippen LogP contribution in [0, 0.1) is 6.92 Å². The molecule has 4 aromatic rings. The summed E-state index contributed by atoms with van der Waals surface area (Å²) in [6.45, 7) is 3.16. The lowest BCUT2D eigenvalue weighted by atomic mass is 10.1. The van der Waals surface area contributed by atoms with Crippen molar-refractivity contribution in [2.24, 2.45) is 0 Å². The van der Waals surface area contributed by atoms with E-state index in [1.807, 2.05) is 70.5 Å². The Morgan fingerprint density at radius 2 is 1.84 bits per heavy atom. The average Bonchev–Trinajstić information content (AvgIpc) is 3.50. The van der Waals surface area contributed by atoms with E-state index >= 15 is 0 Å². The Morgan fingerprint density at radius 1 is 1.03 bits per heavy atom. The van der Waals surface area contributed by atoms with Crippen LogP contribution < -0.4 is 4.74 Å². The van der Waals surface area contributed by atoms with E-state index in [2.05, 4.69) is 23.6 Å². The Bertz CT molecular complexity index is 1240. The average molecular weight is 412 g/mol. The zero-order valence-corrected chi connectivity index (χ0v) is 17.7. The fourth-order valence-electron chi connectivity index (χ4n) is 4.16. The standard InChI is InChI=1S/C25H24N4O2/c1-18-8-3-4-11-23(18)29-25(27-12-5-6-13-27)21-16-28(17-22(21)26-29)24(30)15-19-9-7-10-20(14-19)31-2/h3-14H,15-17H2,1-2H3. The van der Waals surface area contributed by atoms with E-state index in [1.54, 1.807) is 7.11 Å². The number of nitrogens with zero attached hydrogens (tertiary/aromatic N) is 4. The third-order valence-corrected chi connectivity index (χ3v) is 5.76. The van der Waals surface area contributed by atoms with Crippen molar-refractivity contribution in [2.75, 3.05) is 7.11 Å². The van der Waals surface area contributed by atoms with Gasteiger partial charge in [-0.05, 0) is 48.4 Å². The first-order chi connectivity index (χ1) is 15.1. The molecule has 6 nitrogen and oxygen atoms in total. The van der Waals surface area contributed by atoms with Gasteiger partial charge in [0.05, 0.1) is 38.0 Å². The van der Waals surface area contributed by atoms with Crippen molar-refractivity contribution < 1.29 is 9.53 Å². The van der Waals surface area contributed by atoms with E-state index in [0.29, 0.717) is 19.5 Å². The number of carbonyl (C=O) groups is 1. The minimum atomic E-state index is 0.0900. The van der Waals surface area contributed by atoms with E-state index in [4.69, 9.17) is 9.84 Å². The molecule has 0 N–H and O–H groups in total. The summed E-state index contributed by atoms with van der Waals surface area (Å²) in [5.74, 6) is 1.84. The first-order valence-electron chi connectivity index (χ1n) is 10.3. The molecule has 1 aliphatic heterocycles. The molecule has 6 heteroatoms. The molecular weight excluding hydrogens is 388 g/mol. The van der Waals surface area contributed by atoms with Crippen LogP contribution in [-0.2, 0) is 24.3 Å². The van der Waals surface area contributed by atoms with Crippen LogP contribution in [0.5, 0.6) is 5.75 Å². The SMILES string of the molecule is COc1cccc(CC(=O)N2Cc3nn(-c4ccccc4C)c(-n4cccc4)c3C2)c1. The van der Waals surface area contributed by atoms with Crippen molar-refractivity contribution in [3.05, 3.63) is 95.4 Å². The van der Waals surface area contributed by atoms with Crippen LogP contribution in [0.4, 0.5) is 0 Å². The van der Waals surface area contributed by atoms with E-state index in [1.165, 1.54) is 0 Å². The van der Waals surface area contributed by atoms with Gasteiger partial charge in [-0.3, -0.25) is 4.79 Å². The van der Waals surface area contributed by atoms with E-state index < -0.39 is 0 Å². The monoisotopic (exact) mass is 412 g/mol. The van der Waals surface area contributed by atoms with Gasteiger partial charge in [0, 0.05) is 18.0 Å². The number of rotatable bonds is 5. The van der Waals surface area contributed by atoms with Crippen LogP contribution in [-0.4, -0.2) is 32.3 Å². The number of methoxy groups -OCH3 is 1. The number of aryl methyl sites for hydroxylation is 1. The van der Waals surface area contributed by atoms with Gasteiger partial charge < -0.3 is 14.2 Å². The van der Waals surface area contributed by atoms with Gasteiger partial charge in [-0.15, -0.1) is 0 Å². The highest BCUT2D eigenvalue weighted by atomic mass is 16.5. The lowest BCUT2D eigenvalue weighted by Crippen LogP contribution is -2.28. The smallest absolute Gasteiger partial charge is 0.227 e. The molecule has 156 valence electrons. The quantitative estimate of drug-likeness (QED) is 0.497. The molecule has 0 aliphatic carbocycles. The van der Waals surface area contributed by atoms with Gasteiger partial charge in [-0.1, -0.05) is 30.3 Å². The number of aromatic nitrogens is 3. The van der Waals surface area contributed by atoms with Gasteiger partial charge >= 0.3 is 0 Å². The van der Waals surface area contributed by atoms with Crippen molar-refractivity contribution in [1.29, 1.82) is 0 Å². The third-order valence-electron chi connectivity index (χ3n) is 5.76. The molecule has 0 saturated carbocycles. The topological polar surface area (TPSA) is 52.3 Å². The van der Waals surface area contributed by atoms with Gasteiger partial charge in [-0.2, -0.15) is 5.10 Å². The van der Waals surface area contributed by atoms with Crippen LogP contribution in [0.1, 0.15) is 22.4 Å². The lowest BCUT2D eigenvalue weighted by Gasteiger charge is -2.18. The minimum absolute atomic E-state index is 0.0900. The van der Waals surface area contributed by atoms with Crippen LogP contribution in [0.3, 0.4) is 0 Å². The maximum Gasteiger partial charge on any atom is 0.227 e. The zero-order chi connectivity index (χ0) is 21.4. The highest BCUT2D eigenvalue weighted by Gasteiger charge is 2.31. The number of benzene rings is 2. The molecule has 1 aliphatic rings. The molecule has 0 fully saturated rings. The summed E-state index contributed by atoms with van der Waals surface area (Å²) in [6.07, 6.45) is 4.39. The highest BCUT2D eigenvalue weighted by Crippen LogP contribution is 2.31. The number of para-hydroxylation sites is 1. The number of amides is 1. The van der Waals surface area contributed by atoms with Gasteiger partial charge in [0.1, 0.15) is 11.6 Å². The molecule has 2 aromatic heterocycles. The first kappa shape index (κ1) is 19.2. The first-order valence-corrected chi connectivity index (χ1v) is 10.3. The van der Waals surface area contributed by atoms with Gasteiger partial charge in [0.2, 0.25) is 5.91 Å². The van der Waals surface area contributed by atoms with E-state index in [-0.39, 0.29) is 5.91 Å². The molecule has 31 heavy (non-hydrogen) atoms. The number of fused-ring (bicyclic) bond motifs is 1. The van der Waals surface area contributed by atoms with E-state index in [9.17, 15) is 4.79 Å². The van der Waals surface area contributed by atoms with Crippen LogP contribution in [0.2, 0.25) is 0 Å². The second-order valence-corrected chi connectivity index (χ2v) is 7.82. The molecule has 1 amide bonds. The molecule has 0 bridgehead atoms. The fourth-order valence-corrected chi connectivity index (χ4v) is 4.16. The molecule has 5 rings (SSSR count). The Balaban J connectivity index is 1.46. The number of ether oxygens (including phenoxy) is 1. The predicted molar refractivity (Wildman–Crippen MR) is 119 cm³/mol. The molecular formula is C25H24N4O2. The van der Waals surface area contributed by atoms with Crippen molar-refractivity contribution in [3.63, 3.8) is 0 Å². The summed E-state index contributed by atoms with van der Waals surface area (Å²) in [4.78, 5) is 14.9. The van der Waals surface area contributed by atoms with Gasteiger partial charge in [0.15, 0.2) is 0 Å². The largest absolute Gasteiger partial charge is 0.497 e. The van der Waals surface area contributed by atoms with E-state index in [0.717, 1.165) is 39.6 Å². The normalized spacial score (nSPS) is 12.8. The summed E-state index contributed by atoms with van der Waals surface area (Å²) >= 11 is 0. The van der Waals surface area contributed by atoms with Crippen molar-refractivity contribution in [1.82, 2.24) is 19.2 Å². The molecule has 3 heterocycles.